The van der Waals surface area contributed by atoms with Crippen molar-refractivity contribution >= 4 is 32.0 Å². The van der Waals surface area contributed by atoms with Crippen LogP contribution in [0.3, 0.4) is 0 Å². The third kappa shape index (κ3) is 4.50. The number of rotatable bonds is 4. The van der Waals surface area contributed by atoms with Crippen LogP contribution >= 0.6 is 21.9 Å². The van der Waals surface area contributed by atoms with Crippen LogP contribution in [0.5, 0.6) is 0 Å². The van der Waals surface area contributed by atoms with Crippen molar-refractivity contribution in [1.82, 2.24) is 4.98 Å². The summed E-state index contributed by atoms with van der Waals surface area (Å²) in [4.78, 5) is 3.36. The topological polar surface area (TPSA) is 56.3 Å². The van der Waals surface area contributed by atoms with Crippen molar-refractivity contribution in [2.24, 2.45) is 0 Å². The van der Waals surface area contributed by atoms with E-state index in [1.165, 1.54) is 12.1 Å². The number of pyridine rings is 1. The van der Waals surface area contributed by atoms with E-state index in [0.717, 1.165) is 19.1 Å². The summed E-state index contributed by atoms with van der Waals surface area (Å²) in [6, 6.07) is 2.52. The maximum absolute atomic E-state index is 13.1. The number of hydrogen-bond donors (Lipinski definition) is 0. The van der Waals surface area contributed by atoms with E-state index in [1.54, 1.807) is 0 Å². The first kappa shape index (κ1) is 17.8. The number of halogens is 4. The highest BCUT2D eigenvalue weighted by atomic mass is 35.5. The molecule has 2 heterocycles. The summed E-state index contributed by atoms with van der Waals surface area (Å²) in [5.74, 6) is 0.860. The summed E-state index contributed by atoms with van der Waals surface area (Å²) in [5, 5.41) is -0.254. The molecule has 22 heavy (non-hydrogen) atoms. The lowest BCUT2D eigenvalue weighted by Crippen LogP contribution is -2.18. The lowest BCUT2D eigenvalue weighted by atomic mass is 10.2. The molecule has 0 bridgehead atoms. The number of aromatic nitrogens is 1. The van der Waals surface area contributed by atoms with Gasteiger partial charge in [0, 0.05) is 17.3 Å². The SMILES string of the molecule is CS(=O)(=O)OS1(Cc2ccc(Cl)nc2C(F)(F)F)CCCC1. The van der Waals surface area contributed by atoms with Gasteiger partial charge in [0.2, 0.25) is 0 Å². The molecule has 2 rings (SSSR count). The van der Waals surface area contributed by atoms with Crippen LogP contribution in [0, 0.1) is 0 Å². The summed E-state index contributed by atoms with van der Waals surface area (Å²) in [5.41, 5.74) is -1.15. The molecule has 1 fully saturated rings. The Kier molecular flexibility index (Phi) is 5.01. The molecule has 0 unspecified atom stereocenters. The minimum Gasteiger partial charge on any atom is -0.231 e. The zero-order valence-corrected chi connectivity index (χ0v) is 14.1. The van der Waals surface area contributed by atoms with Crippen molar-refractivity contribution in [3.63, 3.8) is 0 Å². The molecule has 0 amide bonds. The predicted octanol–water partition coefficient (Wildman–Crippen LogP) is 3.74. The van der Waals surface area contributed by atoms with Gasteiger partial charge >= 0.3 is 6.18 Å². The predicted molar refractivity (Wildman–Crippen MR) is 80.4 cm³/mol. The monoisotopic (exact) mass is 377 g/mol. The third-order valence-electron chi connectivity index (χ3n) is 3.18. The van der Waals surface area contributed by atoms with Gasteiger partial charge in [-0.3, -0.25) is 0 Å². The van der Waals surface area contributed by atoms with Gasteiger partial charge in [0.1, 0.15) is 10.8 Å². The molecule has 0 aliphatic carbocycles. The molecule has 4 nitrogen and oxygen atoms in total. The van der Waals surface area contributed by atoms with Crippen molar-refractivity contribution in [3.05, 3.63) is 28.5 Å². The Balaban J connectivity index is 2.39. The lowest BCUT2D eigenvalue weighted by molar-refractivity contribution is -0.141. The minimum absolute atomic E-state index is 0.0718. The Morgan fingerprint density at radius 2 is 1.91 bits per heavy atom. The van der Waals surface area contributed by atoms with Gasteiger partial charge in [0.25, 0.3) is 10.1 Å². The summed E-state index contributed by atoms with van der Waals surface area (Å²) in [6.45, 7) is 0. The fraction of sp³-hybridized carbons (Fsp3) is 0.583. The van der Waals surface area contributed by atoms with Gasteiger partial charge in [-0.15, -0.1) is 10.3 Å². The molecule has 0 saturated carbocycles. The maximum Gasteiger partial charge on any atom is 0.433 e. The van der Waals surface area contributed by atoms with Crippen LogP contribution in [0.15, 0.2) is 12.1 Å². The molecule has 0 aromatic carbocycles. The van der Waals surface area contributed by atoms with Crippen LogP contribution < -0.4 is 0 Å². The van der Waals surface area contributed by atoms with E-state index in [9.17, 15) is 21.6 Å². The van der Waals surface area contributed by atoms with E-state index in [4.69, 9.17) is 15.2 Å². The highest BCUT2D eigenvalue weighted by Gasteiger charge is 2.40. The summed E-state index contributed by atoms with van der Waals surface area (Å²) in [6.07, 6.45) is -2.24. The number of nitrogens with zero attached hydrogens (tertiary/aromatic N) is 1. The van der Waals surface area contributed by atoms with E-state index in [1.807, 2.05) is 0 Å². The van der Waals surface area contributed by atoms with Crippen molar-refractivity contribution in [3.8, 4) is 0 Å². The number of hydrogen-bond acceptors (Lipinski definition) is 4. The van der Waals surface area contributed by atoms with E-state index < -0.39 is 32.3 Å². The maximum atomic E-state index is 13.1. The molecular weight excluding hydrogens is 363 g/mol. The average Bonchev–Trinajstić information content (AvgIpc) is 2.76. The van der Waals surface area contributed by atoms with E-state index in [0.29, 0.717) is 11.5 Å². The molecule has 0 N–H and O–H groups in total. The summed E-state index contributed by atoms with van der Waals surface area (Å²) in [7, 11) is -5.87. The smallest absolute Gasteiger partial charge is 0.231 e. The van der Waals surface area contributed by atoms with Crippen molar-refractivity contribution in [2.45, 2.75) is 24.8 Å². The van der Waals surface area contributed by atoms with Crippen LogP contribution in [0.4, 0.5) is 13.2 Å². The average molecular weight is 378 g/mol. The normalized spacial score (nSPS) is 20.0. The molecule has 0 spiro atoms. The van der Waals surface area contributed by atoms with Crippen molar-refractivity contribution in [2.75, 3.05) is 17.8 Å². The molecule has 1 aliphatic rings. The molecule has 1 saturated heterocycles. The van der Waals surface area contributed by atoms with E-state index >= 15 is 0 Å². The quantitative estimate of drug-likeness (QED) is 0.750. The zero-order valence-electron chi connectivity index (χ0n) is 11.7. The zero-order chi connectivity index (χ0) is 16.6. The van der Waals surface area contributed by atoms with E-state index in [2.05, 4.69) is 4.98 Å². The summed E-state index contributed by atoms with van der Waals surface area (Å²) < 4.78 is 67.4. The molecule has 1 aliphatic heterocycles. The first-order valence-corrected chi connectivity index (χ1v) is 10.7. The van der Waals surface area contributed by atoms with Crippen LogP contribution in [0.25, 0.3) is 0 Å². The Labute approximate surface area is 133 Å². The second kappa shape index (κ2) is 6.18. The molecule has 1 aromatic rings. The molecule has 0 radical (unpaired) electrons. The van der Waals surface area contributed by atoms with Gasteiger partial charge in [-0.25, -0.2) is 8.61 Å². The molecule has 126 valence electrons. The van der Waals surface area contributed by atoms with Crippen LogP contribution in [-0.4, -0.2) is 31.2 Å². The van der Waals surface area contributed by atoms with Gasteiger partial charge in [-0.1, -0.05) is 17.7 Å². The van der Waals surface area contributed by atoms with Crippen LogP contribution in [0.1, 0.15) is 24.1 Å². The Morgan fingerprint density at radius 1 is 1.32 bits per heavy atom. The van der Waals surface area contributed by atoms with E-state index in [-0.39, 0.29) is 16.5 Å². The largest absolute Gasteiger partial charge is 0.433 e. The Hall–Kier alpha value is -0.510. The fourth-order valence-corrected chi connectivity index (χ4v) is 8.18. The molecular formula is C12H15ClF3NO3S2. The summed E-state index contributed by atoms with van der Waals surface area (Å²) >= 11 is 5.55. The van der Waals surface area contributed by atoms with Crippen molar-refractivity contribution < 1.29 is 25.2 Å². The second-order valence-corrected chi connectivity index (χ2v) is 10.5. The molecule has 0 atom stereocenters. The highest BCUT2D eigenvalue weighted by Crippen LogP contribution is 2.59. The molecule has 1 aromatic heterocycles. The first-order chi connectivity index (χ1) is 10.0. The first-order valence-electron chi connectivity index (χ1n) is 6.41. The van der Waals surface area contributed by atoms with Gasteiger partial charge in [0.05, 0.1) is 6.26 Å². The van der Waals surface area contributed by atoms with Gasteiger partial charge in [0.15, 0.2) is 0 Å². The minimum atomic E-state index is -4.65. The number of alkyl halides is 3. The van der Waals surface area contributed by atoms with Gasteiger partial charge < -0.3 is 0 Å². The van der Waals surface area contributed by atoms with Gasteiger partial charge in [-0.05, 0) is 24.5 Å². The van der Waals surface area contributed by atoms with Gasteiger partial charge in [-0.2, -0.15) is 21.6 Å². The highest BCUT2D eigenvalue weighted by molar-refractivity contribution is 8.32. The Morgan fingerprint density at radius 3 is 2.41 bits per heavy atom. The lowest BCUT2D eigenvalue weighted by Gasteiger charge is -2.34. The second-order valence-electron chi connectivity index (χ2n) is 5.14. The fourth-order valence-electron chi connectivity index (χ4n) is 2.44. The third-order valence-corrected chi connectivity index (χ3v) is 8.44. The van der Waals surface area contributed by atoms with Crippen LogP contribution in [0.2, 0.25) is 5.15 Å². The standard InChI is InChI=1S/C12H15ClF3NO3S2/c1-21(18,19)20-22(6-2-3-7-22)8-9-4-5-10(13)17-11(9)12(14,15)16/h4-5H,2-3,6-8H2,1H3. The molecule has 10 heteroatoms. The Bertz CT molecular complexity index is 658. The van der Waals surface area contributed by atoms with Crippen LogP contribution in [-0.2, 0) is 25.7 Å². The van der Waals surface area contributed by atoms with Crippen molar-refractivity contribution in [1.29, 1.82) is 0 Å².